The van der Waals surface area contributed by atoms with E-state index in [1.807, 2.05) is 0 Å². The van der Waals surface area contributed by atoms with E-state index in [-0.39, 0.29) is 11.7 Å². The van der Waals surface area contributed by atoms with Crippen LogP contribution in [0.4, 0.5) is 0 Å². The first-order valence-electron chi connectivity index (χ1n) is 6.06. The van der Waals surface area contributed by atoms with Crippen LogP contribution in [0, 0.1) is 0 Å². The Morgan fingerprint density at radius 1 is 1.29 bits per heavy atom. The summed E-state index contributed by atoms with van der Waals surface area (Å²) in [6.45, 7) is 0. The summed E-state index contributed by atoms with van der Waals surface area (Å²) >= 11 is 3.30. The van der Waals surface area contributed by atoms with E-state index < -0.39 is 0 Å². The smallest absolute Gasteiger partial charge is 0.271 e. The summed E-state index contributed by atoms with van der Waals surface area (Å²) < 4.78 is 5.89. The first-order valence-corrected chi connectivity index (χ1v) is 6.85. The fourth-order valence-electron chi connectivity index (χ4n) is 1.61. The minimum atomic E-state index is -0.301. The Balaban J connectivity index is 2.02. The minimum Gasteiger partial charge on any atom is -0.504 e. The molecule has 1 amide bonds. The molecule has 2 rings (SSSR count). The van der Waals surface area contributed by atoms with Gasteiger partial charge < -0.3 is 9.84 Å². The van der Waals surface area contributed by atoms with Gasteiger partial charge in [0, 0.05) is 10.0 Å². The summed E-state index contributed by atoms with van der Waals surface area (Å²) in [6, 6.07) is 11.7. The van der Waals surface area contributed by atoms with Gasteiger partial charge in [0.2, 0.25) is 0 Å². The molecule has 0 aliphatic rings. The van der Waals surface area contributed by atoms with Gasteiger partial charge in [-0.05, 0) is 48.0 Å². The molecule has 0 aliphatic heterocycles. The van der Waals surface area contributed by atoms with Crippen LogP contribution in [0.5, 0.6) is 11.5 Å². The number of ether oxygens (including phenoxy) is 1. The average Bonchev–Trinajstić information content (AvgIpc) is 2.49. The molecule has 0 heterocycles. The number of nitrogens with zero attached hydrogens (tertiary/aromatic N) is 1. The number of aromatic hydroxyl groups is 1. The fourth-order valence-corrected chi connectivity index (χ4v) is 1.87. The third kappa shape index (κ3) is 4.06. The van der Waals surface area contributed by atoms with Crippen LogP contribution in [0.15, 0.2) is 52.0 Å². The highest BCUT2D eigenvalue weighted by Gasteiger charge is 2.04. The Hall–Kier alpha value is -2.34. The molecule has 0 spiro atoms. The van der Waals surface area contributed by atoms with E-state index in [0.717, 1.165) is 4.47 Å². The minimum absolute atomic E-state index is 0.0496. The summed E-state index contributed by atoms with van der Waals surface area (Å²) in [4.78, 5) is 11.8. The van der Waals surface area contributed by atoms with Crippen LogP contribution in [0.3, 0.4) is 0 Å². The molecule has 0 bridgehead atoms. The highest BCUT2D eigenvalue weighted by molar-refractivity contribution is 9.10. The lowest BCUT2D eigenvalue weighted by Gasteiger charge is -2.03. The van der Waals surface area contributed by atoms with Gasteiger partial charge in [0.05, 0.1) is 13.3 Å². The van der Waals surface area contributed by atoms with Crippen molar-refractivity contribution in [1.82, 2.24) is 5.43 Å². The Morgan fingerprint density at radius 2 is 2.00 bits per heavy atom. The third-order valence-electron chi connectivity index (χ3n) is 2.69. The highest BCUT2D eigenvalue weighted by atomic mass is 79.9. The molecular formula is C15H13BrN2O3. The number of hydrogen-bond acceptors (Lipinski definition) is 4. The number of carbonyl (C=O) groups excluding carboxylic acids is 1. The summed E-state index contributed by atoms with van der Waals surface area (Å²) in [7, 11) is 1.46. The quantitative estimate of drug-likeness (QED) is 0.659. The maximum absolute atomic E-state index is 11.8. The van der Waals surface area contributed by atoms with Crippen molar-refractivity contribution < 1.29 is 14.6 Å². The van der Waals surface area contributed by atoms with Gasteiger partial charge in [-0.2, -0.15) is 5.10 Å². The van der Waals surface area contributed by atoms with Gasteiger partial charge in [0.15, 0.2) is 11.5 Å². The Kier molecular flexibility index (Phi) is 4.94. The zero-order valence-corrected chi connectivity index (χ0v) is 12.8. The predicted octanol–water partition coefficient (Wildman–Crippen LogP) is 2.93. The Morgan fingerprint density at radius 3 is 2.67 bits per heavy atom. The molecule has 0 saturated carbocycles. The molecule has 2 aromatic carbocycles. The van der Waals surface area contributed by atoms with Crippen molar-refractivity contribution in [3.8, 4) is 11.5 Å². The lowest BCUT2D eigenvalue weighted by molar-refractivity contribution is 0.0955. The topological polar surface area (TPSA) is 70.9 Å². The molecule has 0 radical (unpaired) electrons. The molecule has 0 aliphatic carbocycles. The van der Waals surface area contributed by atoms with Gasteiger partial charge in [0.1, 0.15) is 0 Å². The molecule has 108 valence electrons. The predicted molar refractivity (Wildman–Crippen MR) is 83.9 cm³/mol. The standard InChI is InChI=1S/C15H13BrN2O3/c1-21-14-8-10(2-7-13(14)19)9-17-18-15(20)11-3-5-12(16)6-4-11/h2-9,19H,1H3,(H,18,20)/b17-9+. The van der Waals surface area contributed by atoms with E-state index >= 15 is 0 Å². The first-order chi connectivity index (χ1) is 10.1. The van der Waals surface area contributed by atoms with Gasteiger partial charge >= 0.3 is 0 Å². The zero-order chi connectivity index (χ0) is 15.2. The van der Waals surface area contributed by atoms with E-state index in [1.165, 1.54) is 19.4 Å². The lowest BCUT2D eigenvalue weighted by atomic mass is 10.2. The van der Waals surface area contributed by atoms with Gasteiger partial charge in [-0.25, -0.2) is 5.43 Å². The maximum atomic E-state index is 11.8. The number of hydrogen-bond donors (Lipinski definition) is 2. The molecule has 0 unspecified atom stereocenters. The summed E-state index contributed by atoms with van der Waals surface area (Å²) in [6.07, 6.45) is 1.47. The molecule has 21 heavy (non-hydrogen) atoms. The van der Waals surface area contributed by atoms with Crippen molar-refractivity contribution in [3.63, 3.8) is 0 Å². The molecule has 0 saturated heterocycles. The molecule has 0 aromatic heterocycles. The summed E-state index contributed by atoms with van der Waals surface area (Å²) in [5.74, 6) is 0.0937. The van der Waals surface area contributed by atoms with Gasteiger partial charge in [-0.15, -0.1) is 0 Å². The summed E-state index contributed by atoms with van der Waals surface area (Å²) in [5.41, 5.74) is 3.64. The van der Waals surface area contributed by atoms with Crippen molar-refractivity contribution in [3.05, 3.63) is 58.1 Å². The van der Waals surface area contributed by atoms with Crippen LogP contribution in [-0.4, -0.2) is 24.3 Å². The van der Waals surface area contributed by atoms with Crippen LogP contribution in [0.25, 0.3) is 0 Å². The average molecular weight is 349 g/mol. The zero-order valence-electron chi connectivity index (χ0n) is 11.2. The first kappa shape index (κ1) is 15.1. The van der Waals surface area contributed by atoms with E-state index in [1.54, 1.807) is 36.4 Å². The molecule has 5 nitrogen and oxygen atoms in total. The van der Waals surface area contributed by atoms with E-state index in [4.69, 9.17) is 4.74 Å². The number of phenols is 1. The number of carbonyl (C=O) groups is 1. The number of halogens is 1. The van der Waals surface area contributed by atoms with Crippen molar-refractivity contribution in [2.75, 3.05) is 7.11 Å². The second-order valence-corrected chi connectivity index (χ2v) is 5.05. The van der Waals surface area contributed by atoms with Crippen LogP contribution in [-0.2, 0) is 0 Å². The number of nitrogens with one attached hydrogen (secondary N) is 1. The van der Waals surface area contributed by atoms with Gasteiger partial charge in [-0.3, -0.25) is 4.79 Å². The Labute approximate surface area is 130 Å². The van der Waals surface area contributed by atoms with Crippen molar-refractivity contribution in [2.45, 2.75) is 0 Å². The number of methoxy groups -OCH3 is 1. The number of rotatable bonds is 4. The number of benzene rings is 2. The Bertz CT molecular complexity index is 669. The van der Waals surface area contributed by atoms with E-state index in [0.29, 0.717) is 16.9 Å². The monoisotopic (exact) mass is 348 g/mol. The number of hydrazone groups is 1. The maximum Gasteiger partial charge on any atom is 0.271 e. The van der Waals surface area contributed by atoms with Crippen LogP contribution in [0.2, 0.25) is 0 Å². The van der Waals surface area contributed by atoms with Crippen LogP contribution in [0.1, 0.15) is 15.9 Å². The van der Waals surface area contributed by atoms with Crippen molar-refractivity contribution in [1.29, 1.82) is 0 Å². The molecule has 0 fully saturated rings. The molecule has 0 atom stereocenters. The lowest BCUT2D eigenvalue weighted by Crippen LogP contribution is -2.17. The van der Waals surface area contributed by atoms with Crippen molar-refractivity contribution >= 4 is 28.1 Å². The second kappa shape index (κ2) is 6.90. The molecule has 2 N–H and O–H groups in total. The largest absolute Gasteiger partial charge is 0.504 e. The molecule has 2 aromatic rings. The SMILES string of the molecule is COc1cc(/C=N/NC(=O)c2ccc(Br)cc2)ccc1O. The van der Waals surface area contributed by atoms with Crippen LogP contribution >= 0.6 is 15.9 Å². The normalized spacial score (nSPS) is 10.6. The second-order valence-electron chi connectivity index (χ2n) is 4.14. The number of amides is 1. The van der Waals surface area contributed by atoms with Gasteiger partial charge in [-0.1, -0.05) is 15.9 Å². The van der Waals surface area contributed by atoms with E-state index in [9.17, 15) is 9.90 Å². The number of phenolic OH excluding ortho intramolecular Hbond substituents is 1. The van der Waals surface area contributed by atoms with Gasteiger partial charge in [0.25, 0.3) is 5.91 Å². The highest BCUT2D eigenvalue weighted by Crippen LogP contribution is 2.25. The van der Waals surface area contributed by atoms with Crippen molar-refractivity contribution in [2.24, 2.45) is 5.10 Å². The summed E-state index contributed by atoms with van der Waals surface area (Å²) in [5, 5.41) is 13.3. The van der Waals surface area contributed by atoms with E-state index in [2.05, 4.69) is 26.5 Å². The fraction of sp³-hybridized carbons (Fsp3) is 0.0667. The third-order valence-corrected chi connectivity index (χ3v) is 3.22. The molecule has 6 heteroatoms. The van der Waals surface area contributed by atoms with Crippen LogP contribution < -0.4 is 10.2 Å². The molecular weight excluding hydrogens is 336 g/mol.